The number of aromatic nitrogens is 1. The van der Waals surface area contributed by atoms with Crippen LogP contribution in [0.2, 0.25) is 0 Å². The Morgan fingerprint density at radius 3 is 2.87 bits per heavy atom. The van der Waals surface area contributed by atoms with Crippen LogP contribution in [0.3, 0.4) is 0 Å². The minimum atomic E-state index is -0.506. The van der Waals surface area contributed by atoms with Gasteiger partial charge >= 0.3 is 0 Å². The van der Waals surface area contributed by atoms with E-state index in [-0.39, 0.29) is 0 Å². The van der Waals surface area contributed by atoms with Crippen LogP contribution in [-0.4, -0.2) is 43.5 Å². The van der Waals surface area contributed by atoms with Crippen LogP contribution in [0.15, 0.2) is 18.5 Å². The van der Waals surface area contributed by atoms with Crippen molar-refractivity contribution in [1.29, 1.82) is 0 Å². The zero-order valence-electron chi connectivity index (χ0n) is 9.03. The van der Waals surface area contributed by atoms with Gasteiger partial charge in [0.2, 0.25) is 0 Å². The number of hydrogen-bond donors (Lipinski definition) is 3. The van der Waals surface area contributed by atoms with E-state index in [1.54, 1.807) is 19.5 Å². The summed E-state index contributed by atoms with van der Waals surface area (Å²) in [5.74, 6) is 0. The highest BCUT2D eigenvalue weighted by atomic mass is 16.5. The second-order valence-corrected chi connectivity index (χ2v) is 3.20. The van der Waals surface area contributed by atoms with Crippen molar-refractivity contribution >= 4 is 11.4 Å². The van der Waals surface area contributed by atoms with Crippen molar-refractivity contribution in [2.24, 2.45) is 0 Å². The van der Waals surface area contributed by atoms with Gasteiger partial charge in [-0.25, -0.2) is 0 Å². The van der Waals surface area contributed by atoms with Crippen LogP contribution in [0.5, 0.6) is 0 Å². The Balaban J connectivity index is 2.43. The molecule has 0 bridgehead atoms. The molecule has 5 nitrogen and oxygen atoms in total. The minimum Gasteiger partial charge on any atom is -0.389 e. The molecule has 1 aromatic rings. The molecule has 0 fully saturated rings. The monoisotopic (exact) mass is 211 g/mol. The lowest BCUT2D eigenvalue weighted by molar-refractivity contribution is 0.0727. The first-order valence-electron chi connectivity index (χ1n) is 4.80. The third kappa shape index (κ3) is 4.14. The Hall–Kier alpha value is -1.33. The Morgan fingerprint density at radius 1 is 1.47 bits per heavy atom. The molecule has 15 heavy (non-hydrogen) atoms. The summed E-state index contributed by atoms with van der Waals surface area (Å²) in [4.78, 5) is 4.04. The van der Waals surface area contributed by atoms with Crippen molar-refractivity contribution < 1.29 is 9.84 Å². The lowest BCUT2D eigenvalue weighted by Gasteiger charge is -2.12. The molecule has 84 valence electrons. The van der Waals surface area contributed by atoms with Gasteiger partial charge in [0, 0.05) is 20.7 Å². The predicted molar refractivity (Wildman–Crippen MR) is 60.2 cm³/mol. The van der Waals surface area contributed by atoms with E-state index < -0.39 is 6.10 Å². The number of hydrogen-bond acceptors (Lipinski definition) is 5. The second kappa shape index (κ2) is 6.21. The molecule has 1 aromatic heterocycles. The highest BCUT2D eigenvalue weighted by Gasteiger charge is 2.02. The van der Waals surface area contributed by atoms with E-state index in [4.69, 9.17) is 4.74 Å². The third-order valence-corrected chi connectivity index (χ3v) is 1.93. The molecule has 0 aliphatic heterocycles. The van der Waals surface area contributed by atoms with Crippen molar-refractivity contribution in [1.82, 2.24) is 4.98 Å². The number of pyridine rings is 1. The molecule has 0 aliphatic carbocycles. The van der Waals surface area contributed by atoms with Crippen LogP contribution in [0.25, 0.3) is 0 Å². The zero-order valence-corrected chi connectivity index (χ0v) is 9.03. The van der Waals surface area contributed by atoms with Crippen LogP contribution in [0.4, 0.5) is 11.4 Å². The molecule has 1 atom stereocenters. The standard InChI is InChI=1S/C10H17N3O2/c1-11-8-3-9(5-12-4-8)13-6-10(14)7-15-2/h3-5,10-11,13-14H,6-7H2,1-2H3. The molecule has 0 saturated heterocycles. The van der Waals surface area contributed by atoms with E-state index in [2.05, 4.69) is 15.6 Å². The molecule has 0 aromatic carbocycles. The van der Waals surface area contributed by atoms with Gasteiger partial charge in [0.05, 0.1) is 36.5 Å². The quantitative estimate of drug-likeness (QED) is 0.641. The van der Waals surface area contributed by atoms with Crippen molar-refractivity contribution in [2.45, 2.75) is 6.10 Å². The molecular weight excluding hydrogens is 194 g/mol. The van der Waals surface area contributed by atoms with Gasteiger partial charge < -0.3 is 20.5 Å². The number of aliphatic hydroxyl groups is 1. The highest BCUT2D eigenvalue weighted by molar-refractivity contribution is 5.53. The first-order chi connectivity index (χ1) is 7.26. The molecule has 1 unspecified atom stereocenters. The maximum atomic E-state index is 9.41. The predicted octanol–water partition coefficient (Wildman–Crippen LogP) is 0.542. The SMILES string of the molecule is CNc1cncc(NCC(O)COC)c1. The Labute approximate surface area is 89.5 Å². The van der Waals surface area contributed by atoms with Gasteiger partial charge in [0.15, 0.2) is 0 Å². The number of nitrogens with one attached hydrogen (secondary N) is 2. The molecule has 5 heteroatoms. The van der Waals surface area contributed by atoms with Gasteiger partial charge in [-0.15, -0.1) is 0 Å². The van der Waals surface area contributed by atoms with Crippen LogP contribution in [0.1, 0.15) is 0 Å². The normalized spacial score (nSPS) is 12.2. The van der Waals surface area contributed by atoms with Gasteiger partial charge in [-0.05, 0) is 6.07 Å². The molecule has 1 rings (SSSR count). The van der Waals surface area contributed by atoms with E-state index in [9.17, 15) is 5.11 Å². The Bertz CT molecular complexity index is 294. The minimum absolute atomic E-state index is 0.326. The van der Waals surface area contributed by atoms with Crippen LogP contribution in [-0.2, 0) is 4.74 Å². The van der Waals surface area contributed by atoms with Crippen molar-refractivity contribution in [2.75, 3.05) is 37.9 Å². The maximum Gasteiger partial charge on any atom is 0.0945 e. The van der Waals surface area contributed by atoms with Gasteiger partial charge in [-0.3, -0.25) is 4.98 Å². The largest absolute Gasteiger partial charge is 0.389 e. The summed E-state index contributed by atoms with van der Waals surface area (Å²) in [7, 11) is 3.40. The number of anilines is 2. The smallest absolute Gasteiger partial charge is 0.0945 e. The fourth-order valence-corrected chi connectivity index (χ4v) is 1.16. The molecule has 0 spiro atoms. The molecule has 3 N–H and O–H groups in total. The fraction of sp³-hybridized carbons (Fsp3) is 0.500. The van der Waals surface area contributed by atoms with Crippen LogP contribution < -0.4 is 10.6 Å². The van der Waals surface area contributed by atoms with Crippen molar-refractivity contribution in [3.63, 3.8) is 0 Å². The summed E-state index contributed by atoms with van der Waals surface area (Å²) in [6.45, 7) is 0.773. The summed E-state index contributed by atoms with van der Waals surface area (Å²) >= 11 is 0. The summed E-state index contributed by atoms with van der Waals surface area (Å²) in [6.07, 6.45) is 2.94. The van der Waals surface area contributed by atoms with Crippen LogP contribution >= 0.6 is 0 Å². The Morgan fingerprint density at radius 2 is 2.20 bits per heavy atom. The number of ether oxygens (including phenoxy) is 1. The lowest BCUT2D eigenvalue weighted by atomic mass is 10.3. The zero-order chi connectivity index (χ0) is 11.1. The molecule has 0 amide bonds. The Kier molecular flexibility index (Phi) is 4.86. The molecule has 0 radical (unpaired) electrons. The third-order valence-electron chi connectivity index (χ3n) is 1.93. The van der Waals surface area contributed by atoms with Crippen LogP contribution in [0, 0.1) is 0 Å². The first-order valence-corrected chi connectivity index (χ1v) is 4.80. The van der Waals surface area contributed by atoms with Gasteiger partial charge in [-0.2, -0.15) is 0 Å². The summed E-state index contributed by atoms with van der Waals surface area (Å²) in [5.41, 5.74) is 1.80. The van der Waals surface area contributed by atoms with E-state index in [1.807, 2.05) is 13.1 Å². The van der Waals surface area contributed by atoms with E-state index in [0.29, 0.717) is 13.2 Å². The van der Waals surface area contributed by atoms with Gasteiger partial charge in [0.25, 0.3) is 0 Å². The molecule has 0 aliphatic rings. The molecule has 1 heterocycles. The van der Waals surface area contributed by atoms with Gasteiger partial charge in [0.1, 0.15) is 0 Å². The number of aliphatic hydroxyl groups excluding tert-OH is 1. The second-order valence-electron chi connectivity index (χ2n) is 3.20. The van der Waals surface area contributed by atoms with Crippen molar-refractivity contribution in [3.8, 4) is 0 Å². The molecule has 0 saturated carbocycles. The highest BCUT2D eigenvalue weighted by Crippen LogP contribution is 2.11. The summed E-state index contributed by atoms with van der Waals surface area (Å²) in [6, 6.07) is 1.92. The van der Waals surface area contributed by atoms with Gasteiger partial charge in [-0.1, -0.05) is 0 Å². The van der Waals surface area contributed by atoms with E-state index in [1.165, 1.54) is 0 Å². The molecular formula is C10H17N3O2. The number of nitrogens with zero attached hydrogens (tertiary/aromatic N) is 1. The first kappa shape index (κ1) is 11.7. The topological polar surface area (TPSA) is 66.4 Å². The van der Waals surface area contributed by atoms with E-state index in [0.717, 1.165) is 11.4 Å². The average Bonchev–Trinajstić information content (AvgIpc) is 2.27. The van der Waals surface area contributed by atoms with E-state index >= 15 is 0 Å². The number of rotatable bonds is 6. The van der Waals surface area contributed by atoms with Crippen molar-refractivity contribution in [3.05, 3.63) is 18.5 Å². The maximum absolute atomic E-state index is 9.41. The fourth-order valence-electron chi connectivity index (χ4n) is 1.16. The average molecular weight is 211 g/mol. The lowest BCUT2D eigenvalue weighted by Crippen LogP contribution is -2.24. The number of methoxy groups -OCH3 is 1. The summed E-state index contributed by atoms with van der Waals surface area (Å²) < 4.78 is 4.82. The summed E-state index contributed by atoms with van der Waals surface area (Å²) in [5, 5.41) is 15.5.